The van der Waals surface area contributed by atoms with Crippen LogP contribution in [0, 0.1) is 0 Å². The second-order valence-electron chi connectivity index (χ2n) is 8.81. The molecule has 0 spiro atoms. The minimum atomic E-state index is 0.983. The summed E-state index contributed by atoms with van der Waals surface area (Å²) in [5, 5.41) is 2.67. The van der Waals surface area contributed by atoms with Gasteiger partial charge >= 0.3 is 0 Å². The summed E-state index contributed by atoms with van der Waals surface area (Å²) in [5.74, 6) is 0. The molecule has 1 aromatic heterocycles. The van der Waals surface area contributed by atoms with Crippen molar-refractivity contribution in [2.24, 2.45) is 0 Å². The second kappa shape index (κ2) is 8.90. The molecule has 0 fully saturated rings. The first-order chi connectivity index (χ1) is 17.2. The van der Waals surface area contributed by atoms with Crippen molar-refractivity contribution in [2.45, 2.75) is 6.92 Å². The summed E-state index contributed by atoms with van der Waals surface area (Å²) in [6.45, 7) is 6.32. The second-order valence-corrected chi connectivity index (χ2v) is 9.89. The molecule has 0 N–H and O–H groups in total. The molecule has 1 nitrogen and oxygen atoms in total. The maximum absolute atomic E-state index is 4.26. The van der Waals surface area contributed by atoms with Crippen LogP contribution in [-0.2, 0) is 0 Å². The molecule has 2 heteroatoms. The third-order valence-corrected chi connectivity index (χ3v) is 7.59. The highest BCUT2D eigenvalue weighted by molar-refractivity contribution is 7.25. The van der Waals surface area contributed by atoms with Crippen LogP contribution in [0.2, 0.25) is 0 Å². The topological polar surface area (TPSA) is 3.24 Å². The number of fused-ring (bicyclic) bond motifs is 3. The predicted octanol–water partition coefficient (Wildman–Crippen LogP) is 10.1. The Morgan fingerprint density at radius 3 is 1.83 bits per heavy atom. The normalized spacial score (nSPS) is 11.1. The first kappa shape index (κ1) is 21.4. The highest BCUT2D eigenvalue weighted by Crippen LogP contribution is 2.40. The SMILES string of the molecule is C=C(C)N(c1ccc(-c2ccccc2)cc1)c1ccc(-c2cccc3sc4ccccc4c23)cc1. The molecule has 0 amide bonds. The number of hydrogen-bond donors (Lipinski definition) is 0. The van der Waals surface area contributed by atoms with Gasteiger partial charge in [0, 0.05) is 37.2 Å². The van der Waals surface area contributed by atoms with Crippen molar-refractivity contribution >= 4 is 42.9 Å². The molecular formula is C33H25NS. The number of anilines is 2. The van der Waals surface area contributed by atoms with Crippen LogP contribution in [0.15, 0.2) is 134 Å². The van der Waals surface area contributed by atoms with E-state index in [2.05, 4.69) is 134 Å². The fourth-order valence-corrected chi connectivity index (χ4v) is 5.96. The van der Waals surface area contributed by atoms with Crippen LogP contribution in [-0.4, -0.2) is 0 Å². The Morgan fingerprint density at radius 1 is 0.571 bits per heavy atom. The number of hydrogen-bond acceptors (Lipinski definition) is 2. The molecule has 0 atom stereocenters. The minimum Gasteiger partial charge on any atom is -0.315 e. The van der Waals surface area contributed by atoms with Crippen LogP contribution in [0.25, 0.3) is 42.4 Å². The van der Waals surface area contributed by atoms with Crippen molar-refractivity contribution in [3.05, 3.63) is 134 Å². The average Bonchev–Trinajstić information content (AvgIpc) is 3.29. The Morgan fingerprint density at radius 2 is 1.14 bits per heavy atom. The molecule has 35 heavy (non-hydrogen) atoms. The van der Waals surface area contributed by atoms with E-state index in [0.29, 0.717) is 0 Å². The van der Waals surface area contributed by atoms with Crippen LogP contribution in [0.1, 0.15) is 6.92 Å². The molecule has 5 aromatic carbocycles. The van der Waals surface area contributed by atoms with Gasteiger partial charge in [0.05, 0.1) is 0 Å². The van der Waals surface area contributed by atoms with Gasteiger partial charge in [0.15, 0.2) is 0 Å². The van der Waals surface area contributed by atoms with E-state index in [1.807, 2.05) is 17.4 Å². The molecule has 1 heterocycles. The lowest BCUT2D eigenvalue weighted by Crippen LogP contribution is -2.13. The summed E-state index contributed by atoms with van der Waals surface area (Å²) in [6, 6.07) is 43.3. The highest BCUT2D eigenvalue weighted by atomic mass is 32.1. The van der Waals surface area contributed by atoms with Crippen molar-refractivity contribution in [3.8, 4) is 22.3 Å². The van der Waals surface area contributed by atoms with Crippen LogP contribution in [0.3, 0.4) is 0 Å². The molecule has 0 radical (unpaired) electrons. The lowest BCUT2D eigenvalue weighted by Gasteiger charge is -2.25. The van der Waals surface area contributed by atoms with Gasteiger partial charge in [-0.25, -0.2) is 0 Å². The highest BCUT2D eigenvalue weighted by Gasteiger charge is 2.13. The van der Waals surface area contributed by atoms with Crippen molar-refractivity contribution in [1.29, 1.82) is 0 Å². The molecule has 0 aliphatic heterocycles. The van der Waals surface area contributed by atoms with Crippen LogP contribution < -0.4 is 4.90 Å². The van der Waals surface area contributed by atoms with Gasteiger partial charge in [-0.2, -0.15) is 0 Å². The van der Waals surface area contributed by atoms with E-state index in [1.165, 1.54) is 42.4 Å². The van der Waals surface area contributed by atoms with Crippen LogP contribution in [0.4, 0.5) is 11.4 Å². The van der Waals surface area contributed by atoms with E-state index in [-0.39, 0.29) is 0 Å². The third kappa shape index (κ3) is 3.92. The van der Waals surface area contributed by atoms with Gasteiger partial charge in [-0.3, -0.25) is 0 Å². The van der Waals surface area contributed by atoms with Crippen molar-refractivity contribution < 1.29 is 0 Å². The van der Waals surface area contributed by atoms with Gasteiger partial charge in [0.25, 0.3) is 0 Å². The molecule has 0 unspecified atom stereocenters. The monoisotopic (exact) mass is 467 g/mol. The Bertz CT molecular complexity index is 1640. The maximum atomic E-state index is 4.26. The molecule has 6 aromatic rings. The average molecular weight is 468 g/mol. The first-order valence-corrected chi connectivity index (χ1v) is 12.6. The first-order valence-electron chi connectivity index (χ1n) is 11.8. The molecule has 0 saturated heterocycles. The lowest BCUT2D eigenvalue weighted by atomic mass is 9.99. The minimum absolute atomic E-state index is 0.983. The van der Waals surface area contributed by atoms with E-state index in [1.54, 1.807) is 0 Å². The maximum Gasteiger partial charge on any atom is 0.0458 e. The number of benzene rings is 5. The van der Waals surface area contributed by atoms with E-state index >= 15 is 0 Å². The summed E-state index contributed by atoms with van der Waals surface area (Å²) in [5.41, 5.74) is 8.13. The summed E-state index contributed by atoms with van der Waals surface area (Å²) in [4.78, 5) is 2.21. The van der Waals surface area contributed by atoms with E-state index < -0.39 is 0 Å². The molecule has 168 valence electrons. The smallest absolute Gasteiger partial charge is 0.0458 e. The number of rotatable bonds is 5. The van der Waals surface area contributed by atoms with Gasteiger partial charge in [-0.1, -0.05) is 91.5 Å². The Hall–Kier alpha value is -4.14. The summed E-state index contributed by atoms with van der Waals surface area (Å²) >= 11 is 1.86. The van der Waals surface area contributed by atoms with Gasteiger partial charge in [-0.15, -0.1) is 11.3 Å². The van der Waals surface area contributed by atoms with Crippen LogP contribution in [0.5, 0.6) is 0 Å². The number of nitrogens with zero attached hydrogens (tertiary/aromatic N) is 1. The molecule has 0 bridgehead atoms. The van der Waals surface area contributed by atoms with E-state index in [4.69, 9.17) is 0 Å². The van der Waals surface area contributed by atoms with E-state index in [9.17, 15) is 0 Å². The largest absolute Gasteiger partial charge is 0.315 e. The number of allylic oxidation sites excluding steroid dienone is 1. The standard InChI is InChI=1S/C33H25NS/c1-23(2)34(27-19-15-25(16-20-27)24-9-4-3-5-10-24)28-21-17-26(18-22-28)29-12-8-14-32-33(29)30-11-6-7-13-31(30)35-32/h3-22H,1H2,2H3. The predicted molar refractivity (Wildman–Crippen MR) is 154 cm³/mol. The van der Waals surface area contributed by atoms with Gasteiger partial charge in [0.1, 0.15) is 0 Å². The molecule has 0 saturated carbocycles. The fourth-order valence-electron chi connectivity index (χ4n) is 4.83. The zero-order valence-corrected chi connectivity index (χ0v) is 20.4. The zero-order chi connectivity index (χ0) is 23.8. The number of thiophene rings is 1. The third-order valence-electron chi connectivity index (χ3n) is 6.45. The Balaban J connectivity index is 1.37. The quantitative estimate of drug-likeness (QED) is 0.244. The summed E-state index contributed by atoms with van der Waals surface area (Å²) < 4.78 is 2.66. The lowest BCUT2D eigenvalue weighted by molar-refractivity contribution is 1.17. The zero-order valence-electron chi connectivity index (χ0n) is 19.6. The summed E-state index contributed by atoms with van der Waals surface area (Å²) in [6.07, 6.45) is 0. The summed E-state index contributed by atoms with van der Waals surface area (Å²) in [7, 11) is 0. The fraction of sp³-hybridized carbons (Fsp3) is 0.0303. The van der Waals surface area contributed by atoms with Crippen molar-refractivity contribution in [1.82, 2.24) is 0 Å². The van der Waals surface area contributed by atoms with Gasteiger partial charge in [-0.05, 0) is 65.6 Å². The Kier molecular flexibility index (Phi) is 5.44. The molecule has 0 aliphatic rings. The van der Waals surface area contributed by atoms with Gasteiger partial charge in [0.2, 0.25) is 0 Å². The van der Waals surface area contributed by atoms with Crippen molar-refractivity contribution in [2.75, 3.05) is 4.90 Å². The van der Waals surface area contributed by atoms with E-state index in [0.717, 1.165) is 17.1 Å². The Labute approximate surface area is 210 Å². The molecular weight excluding hydrogens is 442 g/mol. The van der Waals surface area contributed by atoms with Crippen molar-refractivity contribution in [3.63, 3.8) is 0 Å². The molecule has 6 rings (SSSR count). The van der Waals surface area contributed by atoms with Gasteiger partial charge < -0.3 is 4.90 Å². The van der Waals surface area contributed by atoms with Crippen LogP contribution >= 0.6 is 11.3 Å². The molecule has 0 aliphatic carbocycles.